The number of aromatic nitrogens is 4. The topological polar surface area (TPSA) is 217 Å². The fraction of sp³-hybridized carbons (Fsp3) is 0.476. The monoisotopic (exact) mass is 1360 g/mol. The zero-order valence-electron chi connectivity index (χ0n) is 59.2. The van der Waals surface area contributed by atoms with E-state index in [-0.39, 0.29) is 25.7 Å². The number of pyridine rings is 3. The van der Waals surface area contributed by atoms with Crippen molar-refractivity contribution in [3.8, 4) is 0 Å². The van der Waals surface area contributed by atoms with Gasteiger partial charge in [0.1, 0.15) is 19.6 Å². The minimum Gasteiger partial charge on any atom is -0.481 e. The molecule has 5 aliphatic rings. The van der Waals surface area contributed by atoms with Crippen LogP contribution in [-0.2, 0) is 38.8 Å². The maximum absolute atomic E-state index is 10.9. The van der Waals surface area contributed by atoms with Crippen LogP contribution >= 0.6 is 0 Å². The van der Waals surface area contributed by atoms with Crippen molar-refractivity contribution in [2.45, 2.75) is 251 Å². The molecule has 530 valence electrons. The molecule has 0 saturated carbocycles. The van der Waals surface area contributed by atoms with Crippen LogP contribution in [-0.4, -0.2) is 77.9 Å². The molecule has 0 amide bonds. The first-order chi connectivity index (χ1) is 48.9. The number of nitrogens with zero attached hydrogens (tertiary/aromatic N) is 7. The average molecular weight is 1360 g/mol. The molecular formula is C84H109N8O8+3. The Morgan fingerprint density at radius 3 is 0.900 bits per heavy atom. The van der Waals surface area contributed by atoms with E-state index in [1.165, 1.54) is 51.4 Å². The molecule has 0 saturated heterocycles. The molecule has 8 bridgehead atoms. The molecule has 5 N–H and O–H groups in total. The number of H-pyrrole nitrogens is 1. The van der Waals surface area contributed by atoms with Crippen LogP contribution in [0.15, 0.2) is 190 Å². The van der Waals surface area contributed by atoms with Crippen molar-refractivity contribution in [2.75, 3.05) is 6.54 Å². The number of carbonyl (C=O) groups is 4. The van der Waals surface area contributed by atoms with Gasteiger partial charge in [-0.15, -0.1) is 0 Å². The largest absolute Gasteiger partial charge is 0.481 e. The molecule has 0 fully saturated rings. The van der Waals surface area contributed by atoms with Crippen molar-refractivity contribution in [1.29, 1.82) is 0 Å². The summed E-state index contributed by atoms with van der Waals surface area (Å²) in [5.74, 6) is -2.84. The lowest BCUT2D eigenvalue weighted by atomic mass is 9.97. The summed E-state index contributed by atoms with van der Waals surface area (Å²) in [4.78, 5) is 66.8. The zero-order valence-corrected chi connectivity index (χ0v) is 59.2. The van der Waals surface area contributed by atoms with Crippen LogP contribution in [0.2, 0.25) is 0 Å². The fourth-order valence-corrected chi connectivity index (χ4v) is 14.0. The first-order valence-corrected chi connectivity index (χ1v) is 37.9. The van der Waals surface area contributed by atoms with Gasteiger partial charge in [0, 0.05) is 134 Å². The molecule has 16 nitrogen and oxygen atoms in total. The van der Waals surface area contributed by atoms with Gasteiger partial charge in [-0.3, -0.25) is 19.2 Å². The standard InChI is InChI=1S/C84H106N8O8/c93-77(94)33-25-17-9-1-5-13-21-29-53-89-57-45-65(46-58-89)81-69-37-39-71(85-69)82(66-47-59-90(60-48-66)54-30-22-14-6-2-10-18-26-34-78(95)96)73-41-43-75(87-73)84(68-51-63-92(64-52-68)56-32-24-16-8-4-12-20-28-36-80(99)100)76-44-42-74(88-76)83(72-40-38-70(81)86-72)67-49-61-91(62-50-67)55-31-23-15-7-3-11-19-27-35-79(97)98/h37-52,57-64H,1-36,53-56H2,(H2-3,85,86,87,88,93,94,95,96,97,98,99,100)/p+3. The number of allylic oxidation sites excluding steroid dienone is 11. The van der Waals surface area contributed by atoms with Gasteiger partial charge >= 0.3 is 23.9 Å². The number of aromatic amines is 1. The molecule has 0 spiro atoms. The maximum Gasteiger partial charge on any atom is 0.303 e. The molecule has 0 aliphatic carbocycles. The highest BCUT2D eigenvalue weighted by Crippen LogP contribution is 2.38. The van der Waals surface area contributed by atoms with Crippen molar-refractivity contribution >= 4 is 57.7 Å². The Morgan fingerprint density at radius 2 is 0.580 bits per heavy atom. The van der Waals surface area contributed by atoms with Gasteiger partial charge in [0.15, 0.2) is 37.2 Å². The number of aliphatic imine (C=N–C) groups is 3. The van der Waals surface area contributed by atoms with Gasteiger partial charge in [-0.1, -0.05) is 135 Å². The van der Waals surface area contributed by atoms with Crippen molar-refractivity contribution in [3.63, 3.8) is 0 Å². The molecule has 16 heteroatoms. The van der Waals surface area contributed by atoms with Crippen LogP contribution in [0.1, 0.15) is 259 Å². The Labute approximate surface area is 593 Å². The summed E-state index contributed by atoms with van der Waals surface area (Å²) in [6.07, 6.45) is 69.9. The normalized spacial score (nSPS) is 14.7. The van der Waals surface area contributed by atoms with Crippen molar-refractivity contribution in [1.82, 2.24) is 9.88 Å². The third-order valence-corrected chi connectivity index (χ3v) is 19.6. The van der Waals surface area contributed by atoms with Crippen LogP contribution in [0.4, 0.5) is 0 Å². The maximum atomic E-state index is 10.9. The third kappa shape index (κ3) is 24.8. The van der Waals surface area contributed by atoms with Gasteiger partial charge in [0.25, 0.3) is 0 Å². The number of hydrogen-bond donors (Lipinski definition) is 5. The van der Waals surface area contributed by atoms with E-state index in [2.05, 4.69) is 170 Å². The average Bonchev–Trinajstić information content (AvgIpc) is 1.61. The minimum absolute atomic E-state index is 0.258. The second kappa shape index (κ2) is 41.6. The molecular weight excluding hydrogens is 1250 g/mol. The van der Waals surface area contributed by atoms with E-state index in [4.69, 9.17) is 35.4 Å². The van der Waals surface area contributed by atoms with E-state index < -0.39 is 23.9 Å². The second-order valence-electron chi connectivity index (χ2n) is 27.6. The van der Waals surface area contributed by atoms with Crippen LogP contribution in [0, 0.1) is 0 Å². The summed E-state index contributed by atoms with van der Waals surface area (Å²) in [5, 5.41) is 36.0. The molecule has 0 radical (unpaired) electrons. The quantitative estimate of drug-likeness (QED) is 0.0210. The van der Waals surface area contributed by atoms with Gasteiger partial charge in [-0.05, 0) is 134 Å². The second-order valence-corrected chi connectivity index (χ2v) is 27.6. The SMILES string of the molecule is O=C(O)CCCCCCCCCCN1C=CC(=C2C3=NC(=C(c4cc[n+](CCCCCCCCCCC(=O)O)cc4)C4=NC(=C(c5cc[n+](CCCCCCCCCCC(=O)O)cc5)c5ccc([nH]5)C(c5cc[n+](CCCCCCCCCCC(=O)O)cc5)=C5C=CC2=N5)C=C4)C=C3)C=C1. The lowest BCUT2D eigenvalue weighted by Crippen LogP contribution is -2.32. The Hall–Kier alpha value is -8.92. The minimum atomic E-state index is -0.710. The number of carboxylic acid groups (broad SMARTS) is 4. The van der Waals surface area contributed by atoms with E-state index in [9.17, 15) is 19.2 Å². The summed E-state index contributed by atoms with van der Waals surface area (Å²) in [6.45, 7) is 3.65. The first kappa shape index (κ1) is 75.3. The van der Waals surface area contributed by atoms with E-state index in [0.29, 0.717) is 0 Å². The summed E-state index contributed by atoms with van der Waals surface area (Å²) in [5.41, 5.74) is 14.8. The van der Waals surface area contributed by atoms with Crippen molar-refractivity contribution in [3.05, 3.63) is 203 Å². The summed E-state index contributed by atoms with van der Waals surface area (Å²) >= 11 is 0. The molecule has 4 aromatic heterocycles. The van der Waals surface area contributed by atoms with Crippen LogP contribution < -0.4 is 13.7 Å². The number of aliphatic carboxylic acids is 4. The van der Waals surface area contributed by atoms with Crippen molar-refractivity contribution in [2.24, 2.45) is 15.0 Å². The summed E-state index contributed by atoms with van der Waals surface area (Å²) in [6, 6.07) is 17.7. The van der Waals surface area contributed by atoms with Crippen LogP contribution in [0.25, 0.3) is 16.7 Å². The molecule has 100 heavy (non-hydrogen) atoms. The Morgan fingerprint density at radius 1 is 0.310 bits per heavy atom. The van der Waals surface area contributed by atoms with Crippen molar-refractivity contribution < 1.29 is 53.3 Å². The molecule has 5 aliphatic heterocycles. The fourth-order valence-electron chi connectivity index (χ4n) is 14.0. The summed E-state index contributed by atoms with van der Waals surface area (Å²) in [7, 11) is 0. The Balaban J connectivity index is 1.02. The molecule has 0 atom stereocenters. The number of carboxylic acids is 4. The van der Waals surface area contributed by atoms with E-state index in [0.717, 1.165) is 270 Å². The van der Waals surface area contributed by atoms with E-state index in [1.807, 2.05) is 0 Å². The van der Waals surface area contributed by atoms with Gasteiger partial charge < -0.3 is 30.3 Å². The molecule has 0 aromatic carbocycles. The zero-order chi connectivity index (χ0) is 69.9. The number of nitrogens with one attached hydrogen (secondary N) is 1. The summed E-state index contributed by atoms with van der Waals surface area (Å²) < 4.78 is 6.83. The smallest absolute Gasteiger partial charge is 0.303 e. The van der Waals surface area contributed by atoms with Gasteiger partial charge in [0.2, 0.25) is 0 Å². The number of aryl methyl sites for hydroxylation is 3. The molecule has 9 rings (SSSR count). The predicted octanol–water partition coefficient (Wildman–Crippen LogP) is 17.9. The Bertz CT molecular complexity index is 3740. The lowest BCUT2D eigenvalue weighted by Gasteiger charge is -2.20. The van der Waals surface area contributed by atoms with E-state index in [1.54, 1.807) is 0 Å². The van der Waals surface area contributed by atoms with Gasteiger partial charge in [-0.25, -0.2) is 28.7 Å². The molecule has 0 unspecified atom stereocenters. The highest BCUT2D eigenvalue weighted by atomic mass is 16.4. The predicted molar refractivity (Wildman–Crippen MR) is 398 cm³/mol. The van der Waals surface area contributed by atoms with Gasteiger partial charge in [0.05, 0.1) is 34.2 Å². The molecule has 4 aromatic rings. The van der Waals surface area contributed by atoms with Crippen LogP contribution in [0.5, 0.6) is 0 Å². The number of rotatable bonds is 47. The van der Waals surface area contributed by atoms with Crippen LogP contribution in [0.3, 0.4) is 0 Å². The lowest BCUT2D eigenvalue weighted by molar-refractivity contribution is -0.697. The number of unbranched alkanes of at least 4 members (excludes halogenated alkanes) is 28. The third-order valence-electron chi connectivity index (χ3n) is 19.6. The number of fused-ring (bicyclic) bond motifs is 5. The molecule has 9 heterocycles. The van der Waals surface area contributed by atoms with Gasteiger partial charge in [-0.2, -0.15) is 0 Å². The van der Waals surface area contributed by atoms with E-state index >= 15 is 0 Å². The first-order valence-electron chi connectivity index (χ1n) is 37.9. The number of hydrogen-bond acceptors (Lipinski definition) is 8. The Kier molecular flexibility index (Phi) is 31.3. The highest BCUT2D eigenvalue weighted by molar-refractivity contribution is 6.36. The highest BCUT2D eigenvalue weighted by Gasteiger charge is 2.28.